The van der Waals surface area contributed by atoms with Crippen LogP contribution >= 0.6 is 11.6 Å². The zero-order valence-electron chi connectivity index (χ0n) is 7.78. The molecular weight excluding hydrogens is 257 g/mol. The van der Waals surface area contributed by atoms with E-state index in [1.807, 2.05) is 0 Å². The van der Waals surface area contributed by atoms with Gasteiger partial charge in [0, 0.05) is 0 Å². The fraction of sp³-hybridized carbons (Fsp3) is 0.375. The number of halogens is 6. The Labute approximate surface area is 92.0 Å². The molecule has 0 N–H and O–H groups in total. The van der Waals surface area contributed by atoms with Crippen LogP contribution < -0.4 is 4.74 Å². The zero-order chi connectivity index (χ0) is 12.5. The van der Waals surface area contributed by atoms with Gasteiger partial charge in [-0.1, -0.05) is 11.6 Å². The molecule has 0 bridgehead atoms. The van der Waals surface area contributed by atoms with Crippen LogP contribution in [0.3, 0.4) is 0 Å². The van der Waals surface area contributed by atoms with Crippen LogP contribution in [-0.2, 0) is 0 Å². The Morgan fingerprint density at radius 3 is 2.38 bits per heavy atom. The minimum absolute atomic E-state index is 0.238. The minimum Gasteiger partial charge on any atom is -0.403 e. The normalized spacial score (nSPS) is 12.0. The average Bonchev–Trinajstić information content (AvgIpc) is 2.10. The summed E-state index contributed by atoms with van der Waals surface area (Å²) in [6, 6.07) is 0. The SMILES string of the molecule is Cc1c(C(F)F)ncc(OC(F)(F)F)c1Cl. The number of hydrogen-bond donors (Lipinski definition) is 0. The van der Waals surface area contributed by atoms with Crippen LogP contribution in [0.4, 0.5) is 22.0 Å². The summed E-state index contributed by atoms with van der Waals surface area (Å²) in [5, 5.41) is -0.525. The summed E-state index contributed by atoms with van der Waals surface area (Å²) >= 11 is 5.45. The van der Waals surface area contributed by atoms with Crippen molar-refractivity contribution < 1.29 is 26.7 Å². The van der Waals surface area contributed by atoms with Gasteiger partial charge in [-0.2, -0.15) is 0 Å². The Balaban J connectivity index is 3.12. The molecule has 0 unspecified atom stereocenters. The summed E-state index contributed by atoms with van der Waals surface area (Å²) in [6.07, 6.45) is -7.33. The first kappa shape index (κ1) is 13.0. The molecule has 1 rings (SSSR count). The lowest BCUT2D eigenvalue weighted by Gasteiger charge is -2.13. The maximum Gasteiger partial charge on any atom is 0.573 e. The molecule has 0 aliphatic rings. The van der Waals surface area contributed by atoms with Crippen molar-refractivity contribution in [2.45, 2.75) is 19.7 Å². The lowest BCUT2D eigenvalue weighted by Crippen LogP contribution is -2.18. The number of alkyl halides is 5. The third kappa shape index (κ3) is 2.94. The number of pyridine rings is 1. The molecule has 8 heteroatoms. The fourth-order valence-electron chi connectivity index (χ4n) is 0.995. The number of nitrogens with zero attached hydrogens (tertiary/aromatic N) is 1. The number of ether oxygens (including phenoxy) is 1. The summed E-state index contributed by atoms with van der Waals surface area (Å²) in [5.41, 5.74) is -0.905. The van der Waals surface area contributed by atoms with Gasteiger partial charge >= 0.3 is 6.36 Å². The maximum atomic E-state index is 12.3. The lowest BCUT2D eigenvalue weighted by atomic mass is 10.2. The van der Waals surface area contributed by atoms with E-state index in [9.17, 15) is 22.0 Å². The van der Waals surface area contributed by atoms with Gasteiger partial charge in [-0.05, 0) is 12.5 Å². The van der Waals surface area contributed by atoms with Crippen LogP contribution in [0.25, 0.3) is 0 Å². The van der Waals surface area contributed by atoms with Crippen molar-refractivity contribution in [1.29, 1.82) is 0 Å². The molecule has 0 amide bonds. The first-order valence-electron chi connectivity index (χ1n) is 3.91. The highest BCUT2D eigenvalue weighted by Gasteiger charge is 2.33. The highest BCUT2D eigenvalue weighted by Crippen LogP contribution is 2.35. The van der Waals surface area contributed by atoms with Crippen molar-refractivity contribution in [3.8, 4) is 5.75 Å². The van der Waals surface area contributed by atoms with Crippen molar-refractivity contribution in [1.82, 2.24) is 4.98 Å². The van der Waals surface area contributed by atoms with E-state index < -0.39 is 29.3 Å². The van der Waals surface area contributed by atoms with Gasteiger partial charge in [0.25, 0.3) is 6.43 Å². The number of aromatic nitrogens is 1. The van der Waals surface area contributed by atoms with Crippen molar-refractivity contribution in [2.75, 3.05) is 0 Å². The summed E-state index contributed by atoms with van der Waals surface area (Å²) in [4.78, 5) is 3.16. The molecular formula is C8H5ClF5NO. The summed E-state index contributed by atoms with van der Waals surface area (Å²) in [6.45, 7) is 1.14. The molecule has 0 saturated carbocycles. The molecule has 0 aromatic carbocycles. The number of hydrogen-bond acceptors (Lipinski definition) is 2. The molecule has 0 aliphatic carbocycles. The van der Waals surface area contributed by atoms with Gasteiger partial charge in [0.2, 0.25) is 0 Å². The van der Waals surface area contributed by atoms with Crippen molar-refractivity contribution in [2.24, 2.45) is 0 Å². The largest absolute Gasteiger partial charge is 0.573 e. The summed E-state index contributed by atoms with van der Waals surface area (Å²) in [7, 11) is 0. The van der Waals surface area contributed by atoms with Gasteiger partial charge in [-0.3, -0.25) is 4.98 Å². The Bertz CT molecular complexity index is 393. The van der Waals surface area contributed by atoms with Gasteiger partial charge in [0.1, 0.15) is 5.69 Å². The number of rotatable bonds is 2. The molecule has 0 radical (unpaired) electrons. The Morgan fingerprint density at radius 1 is 1.38 bits per heavy atom. The molecule has 0 saturated heterocycles. The van der Waals surface area contributed by atoms with Crippen molar-refractivity contribution >= 4 is 11.6 Å². The molecule has 2 nitrogen and oxygen atoms in total. The molecule has 0 atom stereocenters. The van der Waals surface area contributed by atoms with Crippen molar-refractivity contribution in [3.05, 3.63) is 22.5 Å². The summed E-state index contributed by atoms with van der Waals surface area (Å²) < 4.78 is 63.7. The highest BCUT2D eigenvalue weighted by molar-refractivity contribution is 6.32. The summed E-state index contributed by atoms with van der Waals surface area (Å²) in [5.74, 6) is -0.795. The van der Waals surface area contributed by atoms with E-state index in [1.54, 1.807) is 0 Å². The van der Waals surface area contributed by atoms with Gasteiger partial charge in [-0.15, -0.1) is 13.2 Å². The fourth-order valence-corrected chi connectivity index (χ4v) is 1.18. The average molecular weight is 262 g/mol. The Hall–Kier alpha value is -1.11. The zero-order valence-corrected chi connectivity index (χ0v) is 8.53. The van der Waals surface area contributed by atoms with E-state index in [-0.39, 0.29) is 5.56 Å². The lowest BCUT2D eigenvalue weighted by molar-refractivity contribution is -0.274. The smallest absolute Gasteiger partial charge is 0.403 e. The van der Waals surface area contributed by atoms with E-state index in [0.29, 0.717) is 6.20 Å². The molecule has 1 aromatic rings. The standard InChI is InChI=1S/C8H5ClF5NO/c1-3-5(9)4(16-8(12,13)14)2-15-6(3)7(10)11/h2,7H,1H3. The van der Waals surface area contributed by atoms with Crippen LogP contribution in [0.2, 0.25) is 5.02 Å². The minimum atomic E-state index is -4.94. The molecule has 1 heterocycles. The monoisotopic (exact) mass is 261 g/mol. The van der Waals surface area contributed by atoms with Gasteiger partial charge in [0.15, 0.2) is 5.75 Å². The maximum absolute atomic E-state index is 12.3. The molecule has 0 fully saturated rings. The third-order valence-electron chi connectivity index (χ3n) is 1.68. The van der Waals surface area contributed by atoms with E-state index in [4.69, 9.17) is 11.6 Å². The first-order valence-corrected chi connectivity index (χ1v) is 4.29. The van der Waals surface area contributed by atoms with Crippen LogP contribution in [-0.4, -0.2) is 11.3 Å². The van der Waals surface area contributed by atoms with Crippen LogP contribution in [0, 0.1) is 6.92 Å². The van der Waals surface area contributed by atoms with Gasteiger partial charge in [-0.25, -0.2) is 8.78 Å². The third-order valence-corrected chi connectivity index (χ3v) is 2.15. The molecule has 0 aliphatic heterocycles. The van der Waals surface area contributed by atoms with E-state index in [2.05, 4.69) is 9.72 Å². The molecule has 1 aromatic heterocycles. The second-order valence-corrected chi connectivity index (χ2v) is 3.17. The highest BCUT2D eigenvalue weighted by atomic mass is 35.5. The van der Waals surface area contributed by atoms with E-state index in [0.717, 1.165) is 6.92 Å². The van der Waals surface area contributed by atoms with Crippen LogP contribution in [0.15, 0.2) is 6.20 Å². The predicted octanol–water partition coefficient (Wildman–Crippen LogP) is 3.88. The Morgan fingerprint density at radius 2 is 1.94 bits per heavy atom. The quantitative estimate of drug-likeness (QED) is 0.754. The first-order chi connectivity index (χ1) is 7.22. The molecule has 0 spiro atoms. The second-order valence-electron chi connectivity index (χ2n) is 2.80. The molecule has 16 heavy (non-hydrogen) atoms. The molecule has 90 valence electrons. The van der Waals surface area contributed by atoms with Crippen molar-refractivity contribution in [3.63, 3.8) is 0 Å². The van der Waals surface area contributed by atoms with E-state index in [1.165, 1.54) is 0 Å². The van der Waals surface area contributed by atoms with Crippen LogP contribution in [0.5, 0.6) is 5.75 Å². The van der Waals surface area contributed by atoms with Gasteiger partial charge in [0.05, 0.1) is 11.2 Å². The topological polar surface area (TPSA) is 22.1 Å². The predicted molar refractivity (Wildman–Crippen MR) is 45.6 cm³/mol. The second kappa shape index (κ2) is 4.40. The Kier molecular flexibility index (Phi) is 3.57. The van der Waals surface area contributed by atoms with Gasteiger partial charge < -0.3 is 4.74 Å². The van der Waals surface area contributed by atoms with E-state index >= 15 is 0 Å². The van der Waals surface area contributed by atoms with Crippen LogP contribution in [0.1, 0.15) is 17.7 Å².